The minimum atomic E-state index is -0.445. The lowest BCUT2D eigenvalue weighted by molar-refractivity contribution is 0.0416. The van der Waals surface area contributed by atoms with Crippen molar-refractivity contribution in [2.45, 2.75) is 32.4 Å². The number of nitrogens with one attached hydrogen (secondary N) is 1. The fourth-order valence-electron chi connectivity index (χ4n) is 1.45. The van der Waals surface area contributed by atoms with E-state index in [4.69, 9.17) is 9.15 Å². The molecule has 0 saturated heterocycles. The van der Waals surface area contributed by atoms with Gasteiger partial charge in [-0.2, -0.15) is 0 Å². The molecule has 1 rings (SSSR count). The molecule has 0 saturated carbocycles. The van der Waals surface area contributed by atoms with Gasteiger partial charge in [-0.3, -0.25) is 0 Å². The quantitative estimate of drug-likeness (QED) is 0.700. The number of aliphatic hydroxyl groups excluding tert-OH is 1. The van der Waals surface area contributed by atoms with E-state index in [2.05, 4.69) is 12.2 Å². The van der Waals surface area contributed by atoms with Gasteiger partial charge in [0.2, 0.25) is 0 Å². The van der Waals surface area contributed by atoms with Crippen LogP contribution >= 0.6 is 0 Å². The van der Waals surface area contributed by atoms with Gasteiger partial charge in [-0.15, -0.1) is 0 Å². The van der Waals surface area contributed by atoms with Crippen molar-refractivity contribution < 1.29 is 14.3 Å². The summed E-state index contributed by atoms with van der Waals surface area (Å²) < 4.78 is 10.4. The highest BCUT2D eigenvalue weighted by Crippen LogP contribution is 2.03. The van der Waals surface area contributed by atoms with E-state index in [9.17, 15) is 5.11 Å². The fourth-order valence-corrected chi connectivity index (χ4v) is 1.45. The number of furan rings is 1. The number of rotatable bonds is 8. The standard InChI is InChI=1S/C12H21NO3/c1-3-15-9-11(14)8-13-10(2)7-12-5-4-6-16-12/h4-6,10-11,13-14H,3,7-9H2,1-2H3. The van der Waals surface area contributed by atoms with E-state index in [1.165, 1.54) is 0 Å². The summed E-state index contributed by atoms with van der Waals surface area (Å²) >= 11 is 0. The van der Waals surface area contributed by atoms with E-state index in [1.54, 1.807) is 6.26 Å². The van der Waals surface area contributed by atoms with Crippen molar-refractivity contribution in [2.24, 2.45) is 0 Å². The van der Waals surface area contributed by atoms with E-state index in [-0.39, 0.29) is 6.04 Å². The van der Waals surface area contributed by atoms with E-state index in [1.807, 2.05) is 19.1 Å². The summed E-state index contributed by atoms with van der Waals surface area (Å²) in [5.74, 6) is 0.958. The molecule has 92 valence electrons. The van der Waals surface area contributed by atoms with Crippen LogP contribution in [-0.4, -0.2) is 37.0 Å². The van der Waals surface area contributed by atoms with Gasteiger partial charge in [-0.1, -0.05) is 0 Å². The molecule has 0 amide bonds. The van der Waals surface area contributed by atoms with Gasteiger partial charge in [0, 0.05) is 25.6 Å². The van der Waals surface area contributed by atoms with Gasteiger partial charge >= 0.3 is 0 Å². The molecule has 2 N–H and O–H groups in total. The van der Waals surface area contributed by atoms with E-state index < -0.39 is 6.10 Å². The van der Waals surface area contributed by atoms with Crippen LogP contribution in [0, 0.1) is 0 Å². The lowest BCUT2D eigenvalue weighted by Gasteiger charge is -2.16. The van der Waals surface area contributed by atoms with Crippen LogP contribution in [0.25, 0.3) is 0 Å². The normalized spacial score (nSPS) is 14.9. The van der Waals surface area contributed by atoms with Gasteiger partial charge in [0.05, 0.1) is 19.0 Å². The topological polar surface area (TPSA) is 54.6 Å². The average molecular weight is 227 g/mol. The van der Waals surface area contributed by atoms with Crippen LogP contribution in [0.5, 0.6) is 0 Å². The Morgan fingerprint density at radius 3 is 3.00 bits per heavy atom. The molecule has 4 heteroatoms. The molecule has 0 spiro atoms. The first-order chi connectivity index (χ1) is 7.72. The first-order valence-electron chi connectivity index (χ1n) is 5.74. The predicted molar refractivity (Wildman–Crippen MR) is 62.4 cm³/mol. The Balaban J connectivity index is 2.12. The summed E-state index contributed by atoms with van der Waals surface area (Å²) in [6.45, 7) is 5.55. The molecule has 0 aromatic carbocycles. The second-order valence-electron chi connectivity index (χ2n) is 3.91. The van der Waals surface area contributed by atoms with Crippen LogP contribution in [0.1, 0.15) is 19.6 Å². The average Bonchev–Trinajstić information content (AvgIpc) is 2.76. The Labute approximate surface area is 96.6 Å². The largest absolute Gasteiger partial charge is 0.469 e. The number of ether oxygens (including phenoxy) is 1. The van der Waals surface area contributed by atoms with Gasteiger partial charge in [0.1, 0.15) is 5.76 Å². The Bertz CT molecular complexity index is 261. The molecular formula is C12H21NO3. The molecule has 0 bridgehead atoms. The van der Waals surface area contributed by atoms with Crippen LogP contribution in [0.2, 0.25) is 0 Å². The summed E-state index contributed by atoms with van der Waals surface area (Å²) in [5, 5.41) is 12.8. The van der Waals surface area contributed by atoms with Crippen molar-refractivity contribution in [3.05, 3.63) is 24.2 Å². The molecule has 1 aromatic heterocycles. The third-order valence-electron chi connectivity index (χ3n) is 2.30. The van der Waals surface area contributed by atoms with E-state index in [0.717, 1.165) is 12.2 Å². The van der Waals surface area contributed by atoms with Crippen molar-refractivity contribution in [2.75, 3.05) is 19.8 Å². The van der Waals surface area contributed by atoms with Crippen molar-refractivity contribution in [3.63, 3.8) is 0 Å². The predicted octanol–water partition coefficient (Wildman–Crippen LogP) is 1.20. The minimum Gasteiger partial charge on any atom is -0.469 e. The van der Waals surface area contributed by atoms with Crippen molar-refractivity contribution in [1.29, 1.82) is 0 Å². The molecule has 0 fully saturated rings. The number of hydrogen-bond acceptors (Lipinski definition) is 4. The van der Waals surface area contributed by atoms with Crippen LogP contribution in [0.15, 0.2) is 22.8 Å². The smallest absolute Gasteiger partial charge is 0.105 e. The van der Waals surface area contributed by atoms with Gasteiger partial charge in [0.15, 0.2) is 0 Å². The Morgan fingerprint density at radius 2 is 2.38 bits per heavy atom. The third-order valence-corrected chi connectivity index (χ3v) is 2.30. The van der Waals surface area contributed by atoms with Gasteiger partial charge in [0.25, 0.3) is 0 Å². The molecule has 0 aliphatic carbocycles. The second-order valence-corrected chi connectivity index (χ2v) is 3.91. The zero-order valence-electron chi connectivity index (χ0n) is 9.98. The Hall–Kier alpha value is -0.840. The SMILES string of the molecule is CCOCC(O)CNC(C)Cc1ccco1. The summed E-state index contributed by atoms with van der Waals surface area (Å²) in [6.07, 6.45) is 2.05. The molecule has 1 heterocycles. The second kappa shape index (κ2) is 7.44. The monoisotopic (exact) mass is 227 g/mol. The van der Waals surface area contributed by atoms with Crippen LogP contribution in [-0.2, 0) is 11.2 Å². The van der Waals surface area contributed by atoms with Crippen molar-refractivity contribution in [1.82, 2.24) is 5.32 Å². The number of aliphatic hydroxyl groups is 1. The summed E-state index contributed by atoms with van der Waals surface area (Å²) in [7, 11) is 0. The summed E-state index contributed by atoms with van der Waals surface area (Å²) in [4.78, 5) is 0. The molecule has 1 aromatic rings. The first kappa shape index (κ1) is 13.2. The molecule has 0 radical (unpaired) electrons. The highest BCUT2D eigenvalue weighted by Gasteiger charge is 2.08. The molecule has 0 aliphatic rings. The highest BCUT2D eigenvalue weighted by atomic mass is 16.5. The third kappa shape index (κ3) is 5.30. The molecule has 2 unspecified atom stereocenters. The van der Waals surface area contributed by atoms with E-state index in [0.29, 0.717) is 19.8 Å². The van der Waals surface area contributed by atoms with Crippen molar-refractivity contribution in [3.8, 4) is 0 Å². The Kier molecular flexibility index (Phi) is 6.15. The summed E-state index contributed by atoms with van der Waals surface area (Å²) in [6, 6.07) is 4.11. The molecule has 2 atom stereocenters. The zero-order chi connectivity index (χ0) is 11.8. The van der Waals surface area contributed by atoms with Gasteiger partial charge in [-0.05, 0) is 26.0 Å². The van der Waals surface area contributed by atoms with Crippen LogP contribution in [0.3, 0.4) is 0 Å². The molecule has 0 aliphatic heterocycles. The molecule has 16 heavy (non-hydrogen) atoms. The minimum absolute atomic E-state index is 0.280. The van der Waals surface area contributed by atoms with Gasteiger partial charge in [-0.25, -0.2) is 0 Å². The maximum absolute atomic E-state index is 9.54. The van der Waals surface area contributed by atoms with Crippen LogP contribution in [0.4, 0.5) is 0 Å². The zero-order valence-corrected chi connectivity index (χ0v) is 9.98. The lowest BCUT2D eigenvalue weighted by Crippen LogP contribution is -2.37. The fraction of sp³-hybridized carbons (Fsp3) is 0.667. The Morgan fingerprint density at radius 1 is 1.56 bits per heavy atom. The maximum atomic E-state index is 9.54. The first-order valence-corrected chi connectivity index (χ1v) is 5.74. The molecule has 4 nitrogen and oxygen atoms in total. The lowest BCUT2D eigenvalue weighted by atomic mass is 10.2. The van der Waals surface area contributed by atoms with E-state index >= 15 is 0 Å². The molecular weight excluding hydrogens is 206 g/mol. The highest BCUT2D eigenvalue weighted by molar-refractivity contribution is 4.99. The van der Waals surface area contributed by atoms with Gasteiger partial charge < -0.3 is 19.6 Å². The number of hydrogen-bond donors (Lipinski definition) is 2. The van der Waals surface area contributed by atoms with Crippen LogP contribution < -0.4 is 5.32 Å². The summed E-state index contributed by atoms with van der Waals surface area (Å²) in [5.41, 5.74) is 0. The van der Waals surface area contributed by atoms with Crippen molar-refractivity contribution >= 4 is 0 Å². The maximum Gasteiger partial charge on any atom is 0.105 e.